The molecule has 0 atom stereocenters. The van der Waals surface area contributed by atoms with E-state index in [1.807, 2.05) is 43.3 Å². The number of ether oxygens (including phenoxy) is 1. The summed E-state index contributed by atoms with van der Waals surface area (Å²) in [6, 6.07) is 13.2. The molecule has 0 N–H and O–H groups in total. The Morgan fingerprint density at radius 3 is 2.50 bits per heavy atom. The number of hydrogen-bond acceptors (Lipinski definition) is 2. The van der Waals surface area contributed by atoms with Gasteiger partial charge in [-0.25, -0.2) is 0 Å². The Hall–Kier alpha value is -1.80. The first-order chi connectivity index (χ1) is 9.61. The summed E-state index contributed by atoms with van der Waals surface area (Å²) in [5, 5.41) is 0.639. The molecule has 0 saturated carbocycles. The van der Waals surface area contributed by atoms with Crippen molar-refractivity contribution in [1.29, 1.82) is 0 Å². The number of rotatable bonds is 5. The molecule has 0 aromatic heterocycles. The minimum Gasteiger partial charge on any atom is -0.497 e. The molecule has 0 fully saturated rings. The van der Waals surface area contributed by atoms with Crippen LogP contribution in [0.1, 0.15) is 27.9 Å². The molecular formula is C17H17ClO2. The fraction of sp³-hybridized carbons (Fsp3) is 0.235. The molecule has 0 aliphatic carbocycles. The van der Waals surface area contributed by atoms with Gasteiger partial charge >= 0.3 is 0 Å². The summed E-state index contributed by atoms with van der Waals surface area (Å²) in [6.45, 7) is 1.88. The molecule has 0 amide bonds. The van der Waals surface area contributed by atoms with Gasteiger partial charge in [-0.2, -0.15) is 0 Å². The van der Waals surface area contributed by atoms with Crippen molar-refractivity contribution in [3.05, 3.63) is 64.2 Å². The van der Waals surface area contributed by atoms with Gasteiger partial charge in [0, 0.05) is 17.0 Å². The molecule has 2 aromatic rings. The van der Waals surface area contributed by atoms with Gasteiger partial charge in [0.25, 0.3) is 0 Å². The van der Waals surface area contributed by atoms with E-state index in [4.69, 9.17) is 16.3 Å². The van der Waals surface area contributed by atoms with E-state index >= 15 is 0 Å². The van der Waals surface area contributed by atoms with Crippen molar-refractivity contribution < 1.29 is 9.53 Å². The van der Waals surface area contributed by atoms with Gasteiger partial charge in [0.15, 0.2) is 5.78 Å². The highest BCUT2D eigenvalue weighted by Gasteiger charge is 2.11. The number of methoxy groups -OCH3 is 1. The lowest BCUT2D eigenvalue weighted by atomic mass is 9.99. The quantitative estimate of drug-likeness (QED) is 0.759. The van der Waals surface area contributed by atoms with E-state index < -0.39 is 0 Å². The second-order valence-electron chi connectivity index (χ2n) is 4.68. The third-order valence-corrected chi connectivity index (χ3v) is 3.78. The third-order valence-electron chi connectivity index (χ3n) is 3.37. The summed E-state index contributed by atoms with van der Waals surface area (Å²) in [7, 11) is 1.64. The van der Waals surface area contributed by atoms with Gasteiger partial charge in [0.1, 0.15) is 5.75 Å². The van der Waals surface area contributed by atoms with Crippen molar-refractivity contribution in [2.24, 2.45) is 0 Å². The van der Waals surface area contributed by atoms with E-state index in [0.29, 0.717) is 17.0 Å². The molecule has 0 saturated heterocycles. The minimum absolute atomic E-state index is 0.126. The third kappa shape index (κ3) is 3.40. The van der Waals surface area contributed by atoms with Crippen molar-refractivity contribution >= 4 is 17.4 Å². The highest BCUT2D eigenvalue weighted by Crippen LogP contribution is 2.21. The van der Waals surface area contributed by atoms with Gasteiger partial charge in [-0.1, -0.05) is 35.9 Å². The van der Waals surface area contributed by atoms with Gasteiger partial charge in [-0.05, 0) is 42.7 Å². The maximum atomic E-state index is 12.2. The minimum atomic E-state index is 0.126. The maximum absolute atomic E-state index is 12.2. The predicted octanol–water partition coefficient (Wildman–Crippen LogP) is 4.47. The number of ketones is 1. The Labute approximate surface area is 124 Å². The summed E-state index contributed by atoms with van der Waals surface area (Å²) < 4.78 is 5.11. The van der Waals surface area contributed by atoms with E-state index in [2.05, 4.69) is 0 Å². The van der Waals surface area contributed by atoms with E-state index in [1.165, 1.54) is 0 Å². The SMILES string of the molecule is COc1ccc(CCC(=O)c2cccc(Cl)c2C)cc1. The Bertz CT molecular complexity index is 603. The van der Waals surface area contributed by atoms with E-state index in [9.17, 15) is 4.79 Å². The number of halogens is 1. The topological polar surface area (TPSA) is 26.3 Å². The number of aryl methyl sites for hydroxylation is 1. The summed E-state index contributed by atoms with van der Waals surface area (Å²) >= 11 is 6.04. The summed E-state index contributed by atoms with van der Waals surface area (Å²) in [4.78, 5) is 12.2. The lowest BCUT2D eigenvalue weighted by molar-refractivity contribution is 0.0982. The fourth-order valence-electron chi connectivity index (χ4n) is 2.09. The second-order valence-corrected chi connectivity index (χ2v) is 5.09. The zero-order valence-corrected chi connectivity index (χ0v) is 12.4. The average Bonchev–Trinajstić information content (AvgIpc) is 2.48. The fourth-order valence-corrected chi connectivity index (χ4v) is 2.27. The predicted molar refractivity (Wildman–Crippen MR) is 81.8 cm³/mol. The van der Waals surface area contributed by atoms with Crippen molar-refractivity contribution in [2.45, 2.75) is 19.8 Å². The van der Waals surface area contributed by atoms with Crippen LogP contribution in [-0.2, 0) is 6.42 Å². The number of Topliss-reactive ketones (excluding diaryl/α,β-unsaturated/α-hetero) is 1. The Kier molecular flexibility index (Phi) is 4.80. The molecule has 2 rings (SSSR count). The average molecular weight is 289 g/mol. The summed E-state index contributed by atoms with van der Waals surface area (Å²) in [5.74, 6) is 0.951. The van der Waals surface area contributed by atoms with Crippen molar-refractivity contribution in [3.8, 4) is 5.75 Å². The van der Waals surface area contributed by atoms with Crippen LogP contribution in [0.4, 0.5) is 0 Å². The zero-order valence-electron chi connectivity index (χ0n) is 11.7. The summed E-state index contributed by atoms with van der Waals surface area (Å²) in [5.41, 5.74) is 2.69. The summed E-state index contributed by atoms with van der Waals surface area (Å²) in [6.07, 6.45) is 1.20. The molecule has 2 nitrogen and oxygen atoms in total. The standard InChI is InChI=1S/C17H17ClO2/c1-12-15(4-3-5-16(12)18)17(19)11-8-13-6-9-14(20-2)10-7-13/h3-7,9-10H,8,11H2,1-2H3. The molecule has 104 valence electrons. The van der Waals surface area contributed by atoms with Crippen molar-refractivity contribution in [3.63, 3.8) is 0 Å². The highest BCUT2D eigenvalue weighted by molar-refractivity contribution is 6.31. The number of carbonyl (C=O) groups is 1. The van der Waals surface area contributed by atoms with Crippen LogP contribution in [0.2, 0.25) is 5.02 Å². The second kappa shape index (κ2) is 6.58. The molecule has 0 heterocycles. The first-order valence-corrected chi connectivity index (χ1v) is 6.91. The molecule has 0 aliphatic heterocycles. The van der Waals surface area contributed by atoms with E-state index in [-0.39, 0.29) is 5.78 Å². The van der Waals surface area contributed by atoms with Gasteiger partial charge in [-0.15, -0.1) is 0 Å². The lowest BCUT2D eigenvalue weighted by Gasteiger charge is -2.07. The van der Waals surface area contributed by atoms with Crippen LogP contribution >= 0.6 is 11.6 Å². The Morgan fingerprint density at radius 1 is 1.15 bits per heavy atom. The first-order valence-electron chi connectivity index (χ1n) is 6.53. The van der Waals surface area contributed by atoms with Crippen LogP contribution in [0.3, 0.4) is 0 Å². The number of benzene rings is 2. The molecule has 0 spiro atoms. The Balaban J connectivity index is 2.02. The normalized spacial score (nSPS) is 10.3. The zero-order chi connectivity index (χ0) is 14.5. The van der Waals surface area contributed by atoms with Crippen molar-refractivity contribution in [1.82, 2.24) is 0 Å². The van der Waals surface area contributed by atoms with Crippen LogP contribution in [0.5, 0.6) is 5.75 Å². The smallest absolute Gasteiger partial charge is 0.163 e. The Morgan fingerprint density at radius 2 is 1.85 bits per heavy atom. The largest absolute Gasteiger partial charge is 0.497 e. The molecule has 0 radical (unpaired) electrons. The van der Waals surface area contributed by atoms with Crippen LogP contribution in [-0.4, -0.2) is 12.9 Å². The molecule has 0 unspecified atom stereocenters. The highest BCUT2D eigenvalue weighted by atomic mass is 35.5. The maximum Gasteiger partial charge on any atom is 0.163 e. The van der Waals surface area contributed by atoms with Crippen LogP contribution in [0, 0.1) is 6.92 Å². The van der Waals surface area contributed by atoms with Crippen molar-refractivity contribution in [2.75, 3.05) is 7.11 Å². The lowest BCUT2D eigenvalue weighted by Crippen LogP contribution is -2.03. The van der Waals surface area contributed by atoms with Gasteiger partial charge in [-0.3, -0.25) is 4.79 Å². The van der Waals surface area contributed by atoms with Crippen LogP contribution in [0.15, 0.2) is 42.5 Å². The molecule has 2 aromatic carbocycles. The molecular weight excluding hydrogens is 272 g/mol. The van der Waals surface area contributed by atoms with Gasteiger partial charge < -0.3 is 4.74 Å². The van der Waals surface area contributed by atoms with Crippen LogP contribution < -0.4 is 4.74 Å². The number of carbonyl (C=O) groups excluding carboxylic acids is 1. The van der Waals surface area contributed by atoms with E-state index in [1.54, 1.807) is 13.2 Å². The first kappa shape index (κ1) is 14.6. The van der Waals surface area contributed by atoms with Gasteiger partial charge in [0.2, 0.25) is 0 Å². The van der Waals surface area contributed by atoms with Crippen LogP contribution in [0.25, 0.3) is 0 Å². The van der Waals surface area contributed by atoms with Gasteiger partial charge in [0.05, 0.1) is 7.11 Å². The molecule has 20 heavy (non-hydrogen) atoms. The molecule has 3 heteroatoms. The molecule has 0 bridgehead atoms. The molecule has 0 aliphatic rings. The van der Waals surface area contributed by atoms with E-state index in [0.717, 1.165) is 23.3 Å². The monoisotopic (exact) mass is 288 g/mol. The number of hydrogen-bond donors (Lipinski definition) is 0.